The third-order valence-corrected chi connectivity index (χ3v) is 6.54. The number of alkyl halides is 3. The molecule has 1 aliphatic heterocycles. The van der Waals surface area contributed by atoms with Crippen molar-refractivity contribution in [2.75, 3.05) is 43.4 Å². The molecule has 2 N–H and O–H groups in total. The zero-order valence-electron chi connectivity index (χ0n) is 19.2. The number of nitrogens with two attached hydrogens (primary N) is 1. The SMILES string of the molecule is Nc1nc2c(ccn2CCN2CCN(c3ccccc3C(F)(F)F)CC2)c2nc(-c3ccco3)nn12. The van der Waals surface area contributed by atoms with Crippen molar-refractivity contribution < 1.29 is 17.6 Å². The summed E-state index contributed by atoms with van der Waals surface area (Å²) in [6.07, 6.45) is -0.871. The van der Waals surface area contributed by atoms with Gasteiger partial charge in [0.2, 0.25) is 11.8 Å². The van der Waals surface area contributed by atoms with Crippen LogP contribution in [0.5, 0.6) is 0 Å². The summed E-state index contributed by atoms with van der Waals surface area (Å²) in [6, 6.07) is 11.2. The zero-order valence-corrected chi connectivity index (χ0v) is 19.2. The molecule has 6 rings (SSSR count). The lowest BCUT2D eigenvalue weighted by Crippen LogP contribution is -2.47. The molecule has 1 aromatic carbocycles. The van der Waals surface area contributed by atoms with Gasteiger partial charge in [-0.2, -0.15) is 22.7 Å². The van der Waals surface area contributed by atoms with Crippen LogP contribution in [0.1, 0.15) is 5.56 Å². The number of fused-ring (bicyclic) bond motifs is 3. The summed E-state index contributed by atoms with van der Waals surface area (Å²) < 4.78 is 49.2. The van der Waals surface area contributed by atoms with Crippen molar-refractivity contribution in [1.29, 1.82) is 0 Å². The van der Waals surface area contributed by atoms with Crippen LogP contribution < -0.4 is 10.6 Å². The minimum atomic E-state index is -4.37. The summed E-state index contributed by atoms with van der Waals surface area (Å²) in [7, 11) is 0. The van der Waals surface area contributed by atoms with E-state index in [0.29, 0.717) is 55.6 Å². The number of para-hydroxylation sites is 1. The number of nitrogens with zero attached hydrogens (tertiary/aromatic N) is 7. The fraction of sp³-hybridized carbons (Fsp3) is 0.292. The van der Waals surface area contributed by atoms with E-state index in [4.69, 9.17) is 10.2 Å². The standard InChI is InChI=1S/C24H23F3N8O/c25-24(26,27)17-4-1-2-5-18(17)33-12-9-32(10-13-33)11-14-34-8-7-16-21(34)30-23(28)35-22(16)29-20(31-35)19-6-3-15-36-19/h1-8,15H,9-14H2,(H2,28,30). The molecule has 0 amide bonds. The number of halogens is 3. The molecule has 9 nitrogen and oxygen atoms in total. The summed E-state index contributed by atoms with van der Waals surface area (Å²) in [6.45, 7) is 3.78. The van der Waals surface area contributed by atoms with Gasteiger partial charge in [-0.3, -0.25) is 4.90 Å². The fourth-order valence-electron chi connectivity index (χ4n) is 4.71. The normalized spacial score (nSPS) is 15.4. The van der Waals surface area contributed by atoms with Crippen molar-refractivity contribution >= 4 is 28.3 Å². The molecule has 12 heteroatoms. The van der Waals surface area contributed by atoms with Gasteiger partial charge in [0.15, 0.2) is 11.4 Å². The van der Waals surface area contributed by atoms with Crippen LogP contribution in [0, 0.1) is 0 Å². The first kappa shape index (κ1) is 22.4. The van der Waals surface area contributed by atoms with Gasteiger partial charge in [0.25, 0.3) is 0 Å². The maximum Gasteiger partial charge on any atom is 0.418 e. The molecule has 1 fully saturated rings. The van der Waals surface area contributed by atoms with E-state index < -0.39 is 11.7 Å². The Bertz CT molecular complexity index is 1510. The quantitative estimate of drug-likeness (QED) is 0.396. The number of furan rings is 1. The number of hydrogen-bond acceptors (Lipinski definition) is 7. The second kappa shape index (κ2) is 8.55. The van der Waals surface area contributed by atoms with E-state index in [2.05, 4.69) is 20.0 Å². The summed E-state index contributed by atoms with van der Waals surface area (Å²) in [5, 5.41) is 5.24. The molecule has 36 heavy (non-hydrogen) atoms. The molecule has 0 bridgehead atoms. The molecule has 5 heterocycles. The van der Waals surface area contributed by atoms with Crippen molar-refractivity contribution in [3.05, 3.63) is 60.5 Å². The molecule has 0 aliphatic carbocycles. The Morgan fingerprint density at radius 1 is 0.917 bits per heavy atom. The highest BCUT2D eigenvalue weighted by Crippen LogP contribution is 2.36. The lowest BCUT2D eigenvalue weighted by molar-refractivity contribution is -0.137. The topological polar surface area (TPSA) is 93.6 Å². The average Bonchev–Trinajstić information content (AvgIpc) is 3.62. The first-order chi connectivity index (χ1) is 17.4. The van der Waals surface area contributed by atoms with Crippen LogP contribution in [0.2, 0.25) is 0 Å². The summed E-state index contributed by atoms with van der Waals surface area (Å²) >= 11 is 0. The van der Waals surface area contributed by atoms with Gasteiger partial charge in [-0.25, -0.2) is 4.98 Å². The largest absolute Gasteiger partial charge is 0.461 e. The van der Waals surface area contributed by atoms with Crippen LogP contribution in [-0.2, 0) is 12.7 Å². The zero-order chi connectivity index (χ0) is 24.9. The van der Waals surface area contributed by atoms with Gasteiger partial charge in [-0.1, -0.05) is 12.1 Å². The van der Waals surface area contributed by atoms with E-state index in [1.54, 1.807) is 30.5 Å². The number of hydrogen-bond donors (Lipinski definition) is 1. The smallest absolute Gasteiger partial charge is 0.418 e. The molecular formula is C24H23F3N8O. The molecule has 1 aliphatic rings. The maximum atomic E-state index is 13.4. The highest BCUT2D eigenvalue weighted by molar-refractivity contribution is 5.91. The fourth-order valence-corrected chi connectivity index (χ4v) is 4.71. The van der Waals surface area contributed by atoms with Gasteiger partial charge in [0, 0.05) is 51.2 Å². The third-order valence-electron chi connectivity index (χ3n) is 6.54. The van der Waals surface area contributed by atoms with Crippen molar-refractivity contribution in [2.24, 2.45) is 0 Å². The molecule has 186 valence electrons. The molecule has 0 radical (unpaired) electrons. The molecule has 5 aromatic rings. The summed E-state index contributed by atoms with van der Waals surface area (Å²) in [4.78, 5) is 13.2. The van der Waals surface area contributed by atoms with E-state index in [9.17, 15) is 13.2 Å². The Morgan fingerprint density at radius 2 is 1.72 bits per heavy atom. The van der Waals surface area contributed by atoms with Gasteiger partial charge in [-0.05, 0) is 30.3 Å². The van der Waals surface area contributed by atoms with Gasteiger partial charge in [-0.15, -0.1) is 5.10 Å². The second-order valence-corrected chi connectivity index (χ2v) is 8.71. The molecule has 0 unspecified atom stereocenters. The van der Waals surface area contributed by atoms with Crippen LogP contribution in [0.3, 0.4) is 0 Å². The number of anilines is 2. The Morgan fingerprint density at radius 3 is 2.47 bits per heavy atom. The van der Waals surface area contributed by atoms with E-state index in [1.165, 1.54) is 10.6 Å². The highest BCUT2D eigenvalue weighted by Gasteiger charge is 2.35. The predicted octanol–water partition coefficient (Wildman–Crippen LogP) is 3.76. The van der Waals surface area contributed by atoms with Crippen molar-refractivity contribution in [2.45, 2.75) is 12.7 Å². The van der Waals surface area contributed by atoms with E-state index in [-0.39, 0.29) is 11.6 Å². The monoisotopic (exact) mass is 496 g/mol. The van der Waals surface area contributed by atoms with Crippen LogP contribution in [0.15, 0.2) is 59.3 Å². The Balaban J connectivity index is 1.16. The van der Waals surface area contributed by atoms with Crippen molar-refractivity contribution in [3.63, 3.8) is 0 Å². The third kappa shape index (κ3) is 3.92. The first-order valence-corrected chi connectivity index (χ1v) is 11.6. The van der Waals surface area contributed by atoms with Crippen LogP contribution in [0.25, 0.3) is 28.3 Å². The molecule has 1 saturated heterocycles. The van der Waals surface area contributed by atoms with Gasteiger partial charge < -0.3 is 19.6 Å². The Hall–Kier alpha value is -4.06. The molecule has 4 aromatic heterocycles. The summed E-state index contributed by atoms with van der Waals surface area (Å²) in [5.41, 5.74) is 7.14. The Labute approximate surface area is 203 Å². The number of piperazine rings is 1. The minimum absolute atomic E-state index is 0.222. The minimum Gasteiger partial charge on any atom is -0.461 e. The second-order valence-electron chi connectivity index (χ2n) is 8.71. The summed E-state index contributed by atoms with van der Waals surface area (Å²) in [5.74, 6) is 1.20. The predicted molar refractivity (Wildman–Crippen MR) is 128 cm³/mol. The van der Waals surface area contributed by atoms with Gasteiger partial charge in [0.1, 0.15) is 5.65 Å². The number of benzene rings is 1. The van der Waals surface area contributed by atoms with Crippen LogP contribution >= 0.6 is 0 Å². The van der Waals surface area contributed by atoms with Gasteiger partial charge in [0.05, 0.1) is 17.2 Å². The molecule has 0 atom stereocenters. The molecule has 0 spiro atoms. The average molecular weight is 496 g/mol. The lowest BCUT2D eigenvalue weighted by Gasteiger charge is -2.37. The van der Waals surface area contributed by atoms with Crippen molar-refractivity contribution in [1.82, 2.24) is 29.0 Å². The number of aromatic nitrogens is 5. The Kier molecular flexibility index (Phi) is 5.32. The molecular weight excluding hydrogens is 473 g/mol. The molecule has 0 saturated carbocycles. The number of nitrogen functional groups attached to an aromatic ring is 1. The maximum absolute atomic E-state index is 13.4. The first-order valence-electron chi connectivity index (χ1n) is 11.6. The van der Waals surface area contributed by atoms with E-state index >= 15 is 0 Å². The van der Waals surface area contributed by atoms with Crippen LogP contribution in [0.4, 0.5) is 24.8 Å². The van der Waals surface area contributed by atoms with Crippen molar-refractivity contribution in [3.8, 4) is 11.6 Å². The number of rotatable bonds is 5. The van der Waals surface area contributed by atoms with E-state index in [1.807, 2.05) is 21.7 Å². The van der Waals surface area contributed by atoms with Gasteiger partial charge >= 0.3 is 6.18 Å². The highest BCUT2D eigenvalue weighted by atomic mass is 19.4. The van der Waals surface area contributed by atoms with Crippen LogP contribution in [-0.4, -0.2) is 61.8 Å². The van der Waals surface area contributed by atoms with E-state index in [0.717, 1.165) is 18.0 Å². The lowest BCUT2D eigenvalue weighted by atomic mass is 10.1.